The van der Waals surface area contributed by atoms with Crippen molar-refractivity contribution in [3.8, 4) is 11.1 Å². The molecule has 1 atom stereocenters. The zero-order chi connectivity index (χ0) is 18.6. The van der Waals surface area contributed by atoms with Gasteiger partial charge in [0.15, 0.2) is 0 Å². The van der Waals surface area contributed by atoms with Crippen LogP contribution in [0.15, 0.2) is 61.2 Å². The van der Waals surface area contributed by atoms with Gasteiger partial charge in [-0.3, -0.25) is 4.90 Å². The summed E-state index contributed by atoms with van der Waals surface area (Å²) in [5.74, 6) is 0. The Hall–Kier alpha value is -1.82. The summed E-state index contributed by atoms with van der Waals surface area (Å²) in [7, 11) is 0. The van der Waals surface area contributed by atoms with E-state index in [2.05, 4.69) is 28.9 Å². The fourth-order valence-electron chi connectivity index (χ4n) is 3.40. The zero-order valence-electron chi connectivity index (χ0n) is 15.0. The first kappa shape index (κ1) is 21.5. The van der Waals surface area contributed by atoms with E-state index in [0.29, 0.717) is 0 Å². The minimum atomic E-state index is -4.30. The van der Waals surface area contributed by atoms with Gasteiger partial charge in [-0.25, -0.2) is 0 Å². The van der Waals surface area contributed by atoms with Crippen LogP contribution < -0.4 is 5.32 Å². The molecule has 1 saturated heterocycles. The van der Waals surface area contributed by atoms with Gasteiger partial charge >= 0.3 is 6.18 Å². The van der Waals surface area contributed by atoms with Crippen LogP contribution in [0.3, 0.4) is 0 Å². The molecule has 2 nitrogen and oxygen atoms in total. The molecule has 6 heteroatoms. The van der Waals surface area contributed by atoms with Crippen LogP contribution in [0, 0.1) is 0 Å². The van der Waals surface area contributed by atoms with Gasteiger partial charge in [-0.2, -0.15) is 13.2 Å². The zero-order valence-corrected chi connectivity index (χ0v) is 15.8. The standard InChI is InChI=1S/C21H23F3N2.ClH/c1-2-3-20(26-14-12-25-13-15-26)18-6-4-16(5-7-18)17-8-10-19(11-9-17)21(22,23)24;/h2,4-11,20,25H,1,3,12-15H2;1H/t20-;/m0./s1. The largest absolute Gasteiger partial charge is 0.416 e. The molecule has 1 fully saturated rings. The maximum atomic E-state index is 12.7. The summed E-state index contributed by atoms with van der Waals surface area (Å²) >= 11 is 0. The Bertz CT molecular complexity index is 721. The van der Waals surface area contributed by atoms with E-state index in [-0.39, 0.29) is 18.4 Å². The number of hydrogen-bond donors (Lipinski definition) is 1. The molecule has 0 spiro atoms. The molecule has 2 aromatic rings. The van der Waals surface area contributed by atoms with Crippen LogP contribution >= 0.6 is 12.4 Å². The molecule has 0 bridgehead atoms. The molecule has 0 radical (unpaired) electrons. The number of nitrogens with one attached hydrogen (secondary N) is 1. The average molecular weight is 397 g/mol. The highest BCUT2D eigenvalue weighted by Crippen LogP contribution is 2.32. The predicted molar refractivity (Wildman–Crippen MR) is 106 cm³/mol. The molecule has 27 heavy (non-hydrogen) atoms. The lowest BCUT2D eigenvalue weighted by atomic mass is 9.97. The van der Waals surface area contributed by atoms with E-state index in [0.717, 1.165) is 55.9 Å². The topological polar surface area (TPSA) is 15.3 Å². The van der Waals surface area contributed by atoms with Crippen molar-refractivity contribution in [3.63, 3.8) is 0 Å². The molecule has 0 unspecified atom stereocenters. The normalized spacial score (nSPS) is 16.4. The maximum absolute atomic E-state index is 12.7. The van der Waals surface area contributed by atoms with Crippen LogP contribution in [0.2, 0.25) is 0 Å². The molecule has 3 rings (SSSR count). The molecule has 1 aliphatic rings. The molecule has 1 N–H and O–H groups in total. The second kappa shape index (κ2) is 9.40. The lowest BCUT2D eigenvalue weighted by Gasteiger charge is -2.34. The number of nitrogens with zero attached hydrogens (tertiary/aromatic N) is 1. The van der Waals surface area contributed by atoms with Gasteiger partial charge in [0.1, 0.15) is 0 Å². The molecule has 1 aliphatic heterocycles. The number of rotatable bonds is 5. The molecule has 0 amide bonds. The highest BCUT2D eigenvalue weighted by molar-refractivity contribution is 5.85. The summed E-state index contributed by atoms with van der Waals surface area (Å²) in [5.41, 5.74) is 2.29. The van der Waals surface area contributed by atoms with E-state index in [1.54, 1.807) is 0 Å². The van der Waals surface area contributed by atoms with E-state index >= 15 is 0 Å². The Morgan fingerprint density at radius 1 is 0.963 bits per heavy atom. The van der Waals surface area contributed by atoms with Crippen molar-refractivity contribution >= 4 is 12.4 Å². The Kier molecular flexibility index (Phi) is 7.48. The molecule has 2 aromatic carbocycles. The van der Waals surface area contributed by atoms with Crippen LogP contribution in [0.25, 0.3) is 11.1 Å². The molecule has 1 heterocycles. The Morgan fingerprint density at radius 2 is 1.48 bits per heavy atom. The number of piperazine rings is 1. The minimum absolute atomic E-state index is 0. The van der Waals surface area contributed by atoms with Gasteiger partial charge in [0, 0.05) is 32.2 Å². The molecule has 0 aliphatic carbocycles. The minimum Gasteiger partial charge on any atom is -0.314 e. The van der Waals surface area contributed by atoms with Gasteiger partial charge in [0.25, 0.3) is 0 Å². The Balaban J connectivity index is 0.00000261. The molecule has 0 aromatic heterocycles. The summed E-state index contributed by atoms with van der Waals surface area (Å²) in [6.07, 6.45) is -1.49. The summed E-state index contributed by atoms with van der Waals surface area (Å²) in [6, 6.07) is 13.7. The van der Waals surface area contributed by atoms with E-state index < -0.39 is 11.7 Å². The first-order valence-corrected chi connectivity index (χ1v) is 8.82. The monoisotopic (exact) mass is 396 g/mol. The molecule has 0 saturated carbocycles. The number of alkyl halides is 3. The lowest BCUT2D eigenvalue weighted by Crippen LogP contribution is -2.45. The maximum Gasteiger partial charge on any atom is 0.416 e. The third-order valence-corrected chi connectivity index (χ3v) is 4.82. The van der Waals surface area contributed by atoms with Gasteiger partial charge < -0.3 is 5.32 Å². The number of halogens is 4. The summed E-state index contributed by atoms with van der Waals surface area (Å²) in [6.45, 7) is 7.84. The lowest BCUT2D eigenvalue weighted by molar-refractivity contribution is -0.137. The highest BCUT2D eigenvalue weighted by atomic mass is 35.5. The summed E-state index contributed by atoms with van der Waals surface area (Å²) in [4.78, 5) is 2.45. The first-order chi connectivity index (χ1) is 12.5. The predicted octanol–water partition coefficient (Wildman–Crippen LogP) is 5.32. The van der Waals surface area contributed by atoms with Crippen LogP contribution in [0.5, 0.6) is 0 Å². The van der Waals surface area contributed by atoms with E-state index in [4.69, 9.17) is 0 Å². The van der Waals surface area contributed by atoms with Crippen molar-refractivity contribution in [2.75, 3.05) is 26.2 Å². The van der Waals surface area contributed by atoms with Gasteiger partial charge in [-0.1, -0.05) is 42.5 Å². The van der Waals surface area contributed by atoms with E-state index in [1.807, 2.05) is 18.2 Å². The van der Waals surface area contributed by atoms with Crippen molar-refractivity contribution in [3.05, 3.63) is 72.3 Å². The van der Waals surface area contributed by atoms with E-state index in [9.17, 15) is 13.2 Å². The average Bonchev–Trinajstić information content (AvgIpc) is 2.66. The second-order valence-electron chi connectivity index (χ2n) is 6.52. The van der Waals surface area contributed by atoms with Gasteiger partial charge in [-0.15, -0.1) is 19.0 Å². The van der Waals surface area contributed by atoms with Gasteiger partial charge in [0.2, 0.25) is 0 Å². The van der Waals surface area contributed by atoms with E-state index in [1.165, 1.54) is 17.7 Å². The van der Waals surface area contributed by atoms with Crippen LogP contribution in [-0.4, -0.2) is 31.1 Å². The Morgan fingerprint density at radius 3 is 1.96 bits per heavy atom. The van der Waals surface area contributed by atoms with Crippen molar-refractivity contribution < 1.29 is 13.2 Å². The van der Waals surface area contributed by atoms with Crippen molar-refractivity contribution in [1.82, 2.24) is 10.2 Å². The van der Waals surface area contributed by atoms with Crippen LogP contribution in [0.1, 0.15) is 23.6 Å². The first-order valence-electron chi connectivity index (χ1n) is 8.82. The Labute approximate surface area is 164 Å². The summed E-state index contributed by atoms with van der Waals surface area (Å²) < 4.78 is 38.1. The molecular weight excluding hydrogens is 373 g/mol. The van der Waals surface area contributed by atoms with Crippen molar-refractivity contribution in [2.24, 2.45) is 0 Å². The molecular formula is C21H24ClF3N2. The fraction of sp³-hybridized carbons (Fsp3) is 0.333. The van der Waals surface area contributed by atoms with Crippen LogP contribution in [0.4, 0.5) is 13.2 Å². The van der Waals surface area contributed by atoms with Crippen molar-refractivity contribution in [2.45, 2.75) is 18.6 Å². The SMILES string of the molecule is C=CC[C@@H](c1ccc(-c2ccc(C(F)(F)F)cc2)cc1)N1CCNCC1.Cl. The van der Waals surface area contributed by atoms with Crippen molar-refractivity contribution in [1.29, 1.82) is 0 Å². The van der Waals surface area contributed by atoms with Gasteiger partial charge in [-0.05, 0) is 35.2 Å². The molecule has 146 valence electrons. The van der Waals surface area contributed by atoms with Gasteiger partial charge in [0.05, 0.1) is 5.56 Å². The number of hydrogen-bond acceptors (Lipinski definition) is 2. The quantitative estimate of drug-likeness (QED) is 0.688. The smallest absolute Gasteiger partial charge is 0.314 e. The highest BCUT2D eigenvalue weighted by Gasteiger charge is 2.30. The third-order valence-electron chi connectivity index (χ3n) is 4.82. The summed E-state index contributed by atoms with van der Waals surface area (Å²) in [5, 5.41) is 3.36. The fourth-order valence-corrected chi connectivity index (χ4v) is 3.40. The number of benzene rings is 2. The second-order valence-corrected chi connectivity index (χ2v) is 6.52. The third kappa shape index (κ3) is 5.34. The van der Waals surface area contributed by atoms with Crippen LogP contribution in [-0.2, 0) is 6.18 Å².